The monoisotopic (exact) mass is 292 g/mol. The van der Waals surface area contributed by atoms with Crippen molar-refractivity contribution in [2.24, 2.45) is 0 Å². The molecule has 0 aliphatic heterocycles. The summed E-state index contributed by atoms with van der Waals surface area (Å²) in [6.07, 6.45) is 1.85. The fraction of sp³-hybridized carbons (Fsp3) is 0.211. The maximum Gasteiger partial charge on any atom is 0.119 e. The van der Waals surface area contributed by atoms with Crippen LogP contribution < -0.4 is 4.74 Å². The normalized spacial score (nSPS) is 11.0. The highest BCUT2D eigenvalue weighted by Crippen LogP contribution is 2.17. The van der Waals surface area contributed by atoms with Crippen LogP contribution in [-0.4, -0.2) is 30.1 Å². The molecule has 0 saturated heterocycles. The smallest absolute Gasteiger partial charge is 0.119 e. The molecule has 0 bridgehead atoms. The van der Waals surface area contributed by atoms with E-state index < -0.39 is 0 Å². The van der Waals surface area contributed by atoms with E-state index in [-0.39, 0.29) is 0 Å². The summed E-state index contributed by atoms with van der Waals surface area (Å²) in [6, 6.07) is 20.3. The lowest BCUT2D eigenvalue weighted by Gasteiger charge is -2.18. The summed E-state index contributed by atoms with van der Waals surface area (Å²) < 4.78 is 5.74. The number of fused-ring (bicyclic) bond motifs is 1. The average Bonchev–Trinajstić information content (AvgIpc) is 2.56. The molecular formula is C19H20N2O. The van der Waals surface area contributed by atoms with Crippen molar-refractivity contribution in [3.05, 3.63) is 72.4 Å². The average molecular weight is 292 g/mol. The van der Waals surface area contributed by atoms with E-state index >= 15 is 0 Å². The van der Waals surface area contributed by atoms with Gasteiger partial charge in [-0.25, -0.2) is 0 Å². The number of rotatable bonds is 6. The first kappa shape index (κ1) is 14.5. The second kappa shape index (κ2) is 7.05. The lowest BCUT2D eigenvalue weighted by Crippen LogP contribution is -2.24. The van der Waals surface area contributed by atoms with Gasteiger partial charge in [0, 0.05) is 24.7 Å². The molecule has 0 atom stereocenters. The number of hydrogen-bond donors (Lipinski definition) is 0. The van der Waals surface area contributed by atoms with Crippen LogP contribution in [0.1, 0.15) is 5.56 Å². The van der Waals surface area contributed by atoms with Crippen LogP contribution in [0.25, 0.3) is 10.9 Å². The second-order valence-corrected chi connectivity index (χ2v) is 5.39. The zero-order chi connectivity index (χ0) is 15.2. The lowest BCUT2D eigenvalue weighted by molar-refractivity contribution is 0.233. The molecule has 112 valence electrons. The first-order valence-corrected chi connectivity index (χ1v) is 7.52. The van der Waals surface area contributed by atoms with Crippen molar-refractivity contribution in [2.45, 2.75) is 6.54 Å². The number of hydrogen-bond acceptors (Lipinski definition) is 3. The van der Waals surface area contributed by atoms with E-state index in [2.05, 4.69) is 41.2 Å². The van der Waals surface area contributed by atoms with Crippen molar-refractivity contribution in [3.63, 3.8) is 0 Å². The standard InChI is InChI=1S/C19H20N2O/c1-21(13-14-22-18-10-3-2-4-11-18)15-17-8-5-7-16-9-6-12-20-19(16)17/h2-12H,13-15H2,1H3. The van der Waals surface area contributed by atoms with Gasteiger partial charge < -0.3 is 4.74 Å². The number of pyridine rings is 1. The van der Waals surface area contributed by atoms with Gasteiger partial charge in [-0.15, -0.1) is 0 Å². The molecule has 0 saturated carbocycles. The molecule has 0 radical (unpaired) electrons. The van der Waals surface area contributed by atoms with Crippen LogP contribution in [0.3, 0.4) is 0 Å². The predicted octanol–water partition coefficient (Wildman–Crippen LogP) is 3.75. The van der Waals surface area contributed by atoms with Crippen molar-refractivity contribution in [2.75, 3.05) is 20.2 Å². The third-order valence-electron chi connectivity index (χ3n) is 3.64. The van der Waals surface area contributed by atoms with Crippen LogP contribution in [0.4, 0.5) is 0 Å². The quantitative estimate of drug-likeness (QED) is 0.692. The Morgan fingerprint density at radius 2 is 1.77 bits per heavy atom. The van der Waals surface area contributed by atoms with Gasteiger partial charge in [-0.3, -0.25) is 9.88 Å². The Kier molecular flexibility index (Phi) is 4.66. The van der Waals surface area contributed by atoms with Gasteiger partial charge in [0.25, 0.3) is 0 Å². The van der Waals surface area contributed by atoms with Crippen LogP contribution in [0.5, 0.6) is 5.75 Å². The SMILES string of the molecule is CN(CCOc1ccccc1)Cc1cccc2cccnc12. The minimum absolute atomic E-state index is 0.679. The van der Waals surface area contributed by atoms with Crippen molar-refractivity contribution >= 4 is 10.9 Å². The van der Waals surface area contributed by atoms with Crippen molar-refractivity contribution in [3.8, 4) is 5.75 Å². The van der Waals surface area contributed by atoms with Crippen LogP contribution in [0, 0.1) is 0 Å². The molecule has 0 aliphatic carbocycles. The molecule has 2 aromatic carbocycles. The van der Waals surface area contributed by atoms with Crippen molar-refractivity contribution in [1.29, 1.82) is 0 Å². The number of likely N-dealkylation sites (N-methyl/N-ethyl adjacent to an activating group) is 1. The van der Waals surface area contributed by atoms with E-state index in [1.54, 1.807) is 0 Å². The van der Waals surface area contributed by atoms with Crippen molar-refractivity contribution in [1.82, 2.24) is 9.88 Å². The van der Waals surface area contributed by atoms with Crippen LogP contribution in [0.15, 0.2) is 66.9 Å². The van der Waals surface area contributed by atoms with Gasteiger partial charge in [0.15, 0.2) is 0 Å². The predicted molar refractivity (Wildman–Crippen MR) is 90.0 cm³/mol. The van der Waals surface area contributed by atoms with Gasteiger partial charge >= 0.3 is 0 Å². The molecule has 0 N–H and O–H groups in total. The van der Waals surface area contributed by atoms with E-state index in [1.165, 1.54) is 10.9 Å². The second-order valence-electron chi connectivity index (χ2n) is 5.39. The Bertz CT molecular complexity index is 722. The van der Waals surface area contributed by atoms with E-state index in [1.807, 2.05) is 42.6 Å². The number of ether oxygens (including phenoxy) is 1. The van der Waals surface area contributed by atoms with Crippen molar-refractivity contribution < 1.29 is 4.74 Å². The highest BCUT2D eigenvalue weighted by molar-refractivity contribution is 5.81. The number of benzene rings is 2. The summed E-state index contributed by atoms with van der Waals surface area (Å²) in [7, 11) is 2.11. The summed E-state index contributed by atoms with van der Waals surface area (Å²) >= 11 is 0. The number of aromatic nitrogens is 1. The molecule has 3 nitrogen and oxygen atoms in total. The molecule has 0 aliphatic rings. The Balaban J connectivity index is 1.58. The Morgan fingerprint density at radius 1 is 0.955 bits per heavy atom. The lowest BCUT2D eigenvalue weighted by atomic mass is 10.1. The topological polar surface area (TPSA) is 25.4 Å². The third kappa shape index (κ3) is 3.62. The van der Waals surface area contributed by atoms with Crippen LogP contribution in [-0.2, 0) is 6.54 Å². The molecular weight excluding hydrogens is 272 g/mol. The van der Waals surface area contributed by atoms with E-state index in [4.69, 9.17) is 4.74 Å². The molecule has 0 unspecified atom stereocenters. The molecule has 22 heavy (non-hydrogen) atoms. The van der Waals surface area contributed by atoms with E-state index in [9.17, 15) is 0 Å². The van der Waals surface area contributed by atoms with Gasteiger partial charge in [0.2, 0.25) is 0 Å². The third-order valence-corrected chi connectivity index (χ3v) is 3.64. The molecule has 3 heteroatoms. The fourth-order valence-electron chi connectivity index (χ4n) is 2.50. The molecule has 0 spiro atoms. The first-order chi connectivity index (χ1) is 10.8. The summed E-state index contributed by atoms with van der Waals surface area (Å²) in [5.74, 6) is 0.919. The van der Waals surface area contributed by atoms with E-state index in [0.717, 1.165) is 24.4 Å². The van der Waals surface area contributed by atoms with Crippen LogP contribution in [0.2, 0.25) is 0 Å². The summed E-state index contributed by atoms with van der Waals surface area (Å²) in [6.45, 7) is 2.42. The Hall–Kier alpha value is -2.39. The molecule has 3 aromatic rings. The van der Waals surface area contributed by atoms with Gasteiger partial charge in [-0.05, 0) is 30.8 Å². The molecule has 1 heterocycles. The zero-order valence-corrected chi connectivity index (χ0v) is 12.8. The zero-order valence-electron chi connectivity index (χ0n) is 12.8. The highest BCUT2D eigenvalue weighted by Gasteiger charge is 2.05. The first-order valence-electron chi connectivity index (χ1n) is 7.52. The van der Waals surface area contributed by atoms with Gasteiger partial charge in [0.05, 0.1) is 5.52 Å². The fourth-order valence-corrected chi connectivity index (χ4v) is 2.50. The molecule has 0 fully saturated rings. The summed E-state index contributed by atoms with van der Waals surface area (Å²) in [4.78, 5) is 6.76. The summed E-state index contributed by atoms with van der Waals surface area (Å²) in [5, 5.41) is 1.19. The largest absolute Gasteiger partial charge is 0.492 e. The minimum atomic E-state index is 0.679. The molecule has 3 rings (SSSR count). The molecule has 1 aromatic heterocycles. The number of para-hydroxylation sites is 2. The maximum absolute atomic E-state index is 5.74. The molecule has 0 amide bonds. The Morgan fingerprint density at radius 3 is 2.64 bits per heavy atom. The summed E-state index contributed by atoms with van der Waals surface area (Å²) in [5.41, 5.74) is 2.33. The van der Waals surface area contributed by atoms with Crippen LogP contribution >= 0.6 is 0 Å². The Labute approximate surface area is 131 Å². The number of nitrogens with zero attached hydrogens (tertiary/aromatic N) is 2. The van der Waals surface area contributed by atoms with Gasteiger partial charge in [-0.2, -0.15) is 0 Å². The van der Waals surface area contributed by atoms with Gasteiger partial charge in [0.1, 0.15) is 12.4 Å². The van der Waals surface area contributed by atoms with Gasteiger partial charge in [-0.1, -0.05) is 42.5 Å². The minimum Gasteiger partial charge on any atom is -0.492 e. The maximum atomic E-state index is 5.74. The van der Waals surface area contributed by atoms with E-state index in [0.29, 0.717) is 6.61 Å². The highest BCUT2D eigenvalue weighted by atomic mass is 16.5.